The standard InChI is InChI=1S/C21H32N2O3/c1-15(2)22-19(24)18-8-6-16(7-9-18)14-17-10-12-23(13-11-17)20(25)26-21(3,4)5/h6-9,15,17H,10-14H2,1-5H3,(H,22,24). The Bertz CT molecular complexity index is 609. The number of nitrogens with one attached hydrogen (secondary N) is 1. The molecule has 1 aromatic carbocycles. The van der Waals surface area contributed by atoms with E-state index in [9.17, 15) is 9.59 Å². The average Bonchev–Trinajstić information content (AvgIpc) is 2.54. The number of likely N-dealkylation sites (tertiary alicyclic amines) is 1. The molecule has 0 saturated carbocycles. The van der Waals surface area contributed by atoms with Crippen LogP contribution in [0.5, 0.6) is 0 Å². The smallest absolute Gasteiger partial charge is 0.410 e. The fraction of sp³-hybridized carbons (Fsp3) is 0.619. The fourth-order valence-electron chi connectivity index (χ4n) is 3.12. The van der Waals surface area contributed by atoms with Crippen LogP contribution in [0.1, 0.15) is 63.4 Å². The van der Waals surface area contributed by atoms with E-state index in [1.165, 1.54) is 5.56 Å². The first-order chi connectivity index (χ1) is 12.1. The number of amides is 2. The van der Waals surface area contributed by atoms with Crippen LogP contribution in [0.15, 0.2) is 24.3 Å². The zero-order valence-corrected chi connectivity index (χ0v) is 16.7. The molecule has 2 rings (SSSR count). The van der Waals surface area contributed by atoms with Gasteiger partial charge in [-0.05, 0) is 77.5 Å². The highest BCUT2D eigenvalue weighted by Gasteiger charge is 2.26. The van der Waals surface area contributed by atoms with Gasteiger partial charge in [-0.1, -0.05) is 12.1 Å². The number of nitrogens with zero attached hydrogens (tertiary/aromatic N) is 1. The van der Waals surface area contributed by atoms with Gasteiger partial charge in [0, 0.05) is 24.7 Å². The minimum Gasteiger partial charge on any atom is -0.444 e. The van der Waals surface area contributed by atoms with Crippen LogP contribution in [-0.2, 0) is 11.2 Å². The Balaban J connectivity index is 1.82. The second-order valence-electron chi connectivity index (χ2n) is 8.44. The first-order valence-electron chi connectivity index (χ1n) is 9.52. The van der Waals surface area contributed by atoms with Crippen molar-refractivity contribution in [3.63, 3.8) is 0 Å². The molecule has 0 aromatic heterocycles. The van der Waals surface area contributed by atoms with Crippen molar-refractivity contribution in [3.05, 3.63) is 35.4 Å². The first-order valence-corrected chi connectivity index (χ1v) is 9.52. The van der Waals surface area contributed by atoms with Crippen molar-refractivity contribution >= 4 is 12.0 Å². The monoisotopic (exact) mass is 360 g/mol. The molecule has 0 unspecified atom stereocenters. The van der Waals surface area contributed by atoms with Crippen LogP contribution >= 0.6 is 0 Å². The lowest BCUT2D eigenvalue weighted by Crippen LogP contribution is -2.42. The summed E-state index contributed by atoms with van der Waals surface area (Å²) in [5, 5.41) is 2.90. The van der Waals surface area contributed by atoms with Crippen LogP contribution in [0.4, 0.5) is 4.79 Å². The quantitative estimate of drug-likeness (QED) is 0.882. The summed E-state index contributed by atoms with van der Waals surface area (Å²) in [4.78, 5) is 25.9. The van der Waals surface area contributed by atoms with Crippen molar-refractivity contribution < 1.29 is 14.3 Å². The van der Waals surface area contributed by atoms with E-state index in [1.807, 2.05) is 58.9 Å². The average molecular weight is 360 g/mol. The van der Waals surface area contributed by atoms with Crippen LogP contribution in [0.2, 0.25) is 0 Å². The number of rotatable bonds is 4. The Labute approximate surface area is 157 Å². The Hall–Kier alpha value is -2.04. The lowest BCUT2D eigenvalue weighted by molar-refractivity contribution is 0.0184. The molecule has 26 heavy (non-hydrogen) atoms. The molecule has 0 bridgehead atoms. The maximum Gasteiger partial charge on any atom is 0.410 e. The van der Waals surface area contributed by atoms with Gasteiger partial charge in [0.15, 0.2) is 0 Å². The van der Waals surface area contributed by atoms with E-state index >= 15 is 0 Å². The van der Waals surface area contributed by atoms with Gasteiger partial charge >= 0.3 is 6.09 Å². The summed E-state index contributed by atoms with van der Waals surface area (Å²) in [5.41, 5.74) is 1.49. The highest BCUT2D eigenvalue weighted by Crippen LogP contribution is 2.23. The van der Waals surface area contributed by atoms with Gasteiger partial charge in [-0.15, -0.1) is 0 Å². The third kappa shape index (κ3) is 6.36. The summed E-state index contributed by atoms with van der Waals surface area (Å²) in [5.74, 6) is 0.529. The number of hydrogen-bond donors (Lipinski definition) is 1. The second-order valence-corrected chi connectivity index (χ2v) is 8.44. The molecule has 1 heterocycles. The molecule has 1 aliphatic heterocycles. The third-order valence-electron chi connectivity index (χ3n) is 4.43. The minimum atomic E-state index is -0.447. The van der Waals surface area contributed by atoms with Crippen molar-refractivity contribution in [3.8, 4) is 0 Å². The lowest BCUT2D eigenvalue weighted by atomic mass is 9.90. The van der Waals surface area contributed by atoms with Crippen LogP contribution in [0, 0.1) is 5.92 Å². The van der Waals surface area contributed by atoms with Crippen LogP contribution in [0.25, 0.3) is 0 Å². The molecule has 1 aromatic rings. The van der Waals surface area contributed by atoms with Crippen LogP contribution in [0.3, 0.4) is 0 Å². The van der Waals surface area contributed by atoms with Crippen LogP contribution < -0.4 is 5.32 Å². The van der Waals surface area contributed by atoms with E-state index < -0.39 is 5.60 Å². The van der Waals surface area contributed by atoms with Gasteiger partial charge in [-0.2, -0.15) is 0 Å². The Morgan fingerprint density at radius 3 is 2.23 bits per heavy atom. The molecule has 1 N–H and O–H groups in total. The fourth-order valence-corrected chi connectivity index (χ4v) is 3.12. The van der Waals surface area contributed by atoms with E-state index in [4.69, 9.17) is 4.74 Å². The molecule has 1 fully saturated rings. The number of carbonyl (C=O) groups is 2. The first kappa shape index (κ1) is 20.3. The number of hydrogen-bond acceptors (Lipinski definition) is 3. The SMILES string of the molecule is CC(C)NC(=O)c1ccc(CC2CCN(C(=O)OC(C)(C)C)CC2)cc1. The van der Waals surface area contributed by atoms with Gasteiger partial charge in [0.25, 0.3) is 5.91 Å². The molecule has 2 amide bonds. The predicted molar refractivity (Wildman–Crippen MR) is 103 cm³/mol. The van der Waals surface area contributed by atoms with E-state index in [0.717, 1.165) is 32.4 Å². The lowest BCUT2D eigenvalue weighted by Gasteiger charge is -2.33. The van der Waals surface area contributed by atoms with Crippen molar-refractivity contribution in [2.75, 3.05) is 13.1 Å². The van der Waals surface area contributed by atoms with Gasteiger partial charge in [0.2, 0.25) is 0 Å². The zero-order chi connectivity index (χ0) is 19.3. The molecule has 0 radical (unpaired) electrons. The third-order valence-corrected chi connectivity index (χ3v) is 4.43. The van der Waals surface area contributed by atoms with Gasteiger partial charge < -0.3 is 15.0 Å². The number of ether oxygens (including phenoxy) is 1. The highest BCUT2D eigenvalue weighted by atomic mass is 16.6. The predicted octanol–water partition coefficient (Wildman–Crippen LogP) is 4.01. The number of benzene rings is 1. The molecule has 0 aliphatic carbocycles. The molecule has 5 heteroatoms. The van der Waals surface area contributed by atoms with E-state index in [-0.39, 0.29) is 18.0 Å². The normalized spacial score (nSPS) is 15.8. The molecule has 1 saturated heterocycles. The molecule has 144 valence electrons. The van der Waals surface area contributed by atoms with Crippen LogP contribution in [-0.4, -0.2) is 41.6 Å². The van der Waals surface area contributed by atoms with Crippen molar-refractivity contribution in [1.29, 1.82) is 0 Å². The zero-order valence-electron chi connectivity index (χ0n) is 16.7. The Morgan fingerprint density at radius 1 is 1.15 bits per heavy atom. The van der Waals surface area contributed by atoms with Gasteiger partial charge in [0.1, 0.15) is 5.60 Å². The van der Waals surface area contributed by atoms with Crippen molar-refractivity contribution in [1.82, 2.24) is 10.2 Å². The maximum atomic E-state index is 12.1. The summed E-state index contributed by atoms with van der Waals surface area (Å²) in [6.45, 7) is 11.1. The topological polar surface area (TPSA) is 58.6 Å². The molecule has 0 atom stereocenters. The van der Waals surface area contributed by atoms with Gasteiger partial charge in [0.05, 0.1) is 0 Å². The van der Waals surface area contributed by atoms with E-state index in [0.29, 0.717) is 11.5 Å². The summed E-state index contributed by atoms with van der Waals surface area (Å²) in [6, 6.07) is 7.99. The molecular weight excluding hydrogens is 328 g/mol. The van der Waals surface area contributed by atoms with Gasteiger partial charge in [-0.25, -0.2) is 4.79 Å². The van der Waals surface area contributed by atoms with E-state index in [1.54, 1.807) is 4.90 Å². The summed E-state index contributed by atoms with van der Waals surface area (Å²) >= 11 is 0. The summed E-state index contributed by atoms with van der Waals surface area (Å²) < 4.78 is 5.44. The Kier molecular flexibility index (Phi) is 6.68. The minimum absolute atomic E-state index is 0.0304. The summed E-state index contributed by atoms with van der Waals surface area (Å²) in [7, 11) is 0. The molecule has 1 aliphatic rings. The highest BCUT2D eigenvalue weighted by molar-refractivity contribution is 5.94. The largest absolute Gasteiger partial charge is 0.444 e. The summed E-state index contributed by atoms with van der Waals surface area (Å²) in [6.07, 6.45) is 2.73. The van der Waals surface area contributed by atoms with Crippen molar-refractivity contribution in [2.24, 2.45) is 5.92 Å². The number of carbonyl (C=O) groups excluding carboxylic acids is 2. The molecule has 5 nitrogen and oxygen atoms in total. The second kappa shape index (κ2) is 8.56. The molecule has 0 spiro atoms. The Morgan fingerprint density at radius 2 is 1.73 bits per heavy atom. The maximum absolute atomic E-state index is 12.1. The number of piperidine rings is 1. The molecular formula is C21H32N2O3. The van der Waals surface area contributed by atoms with Crippen molar-refractivity contribution in [2.45, 2.75) is 65.5 Å². The van der Waals surface area contributed by atoms with Gasteiger partial charge in [-0.3, -0.25) is 4.79 Å². The van der Waals surface area contributed by atoms with E-state index in [2.05, 4.69) is 5.32 Å².